The molecule has 0 N–H and O–H groups in total. The van der Waals surface area contributed by atoms with Gasteiger partial charge in [0.05, 0.1) is 0 Å². The van der Waals surface area contributed by atoms with Gasteiger partial charge in [0.2, 0.25) is 0 Å². The Labute approximate surface area is 287 Å². The van der Waals surface area contributed by atoms with Crippen LogP contribution in [0.25, 0.3) is 67.2 Å². The van der Waals surface area contributed by atoms with Crippen molar-refractivity contribution in [2.24, 2.45) is 0 Å². The number of nitrogens with zero attached hydrogens (tertiary/aromatic N) is 3. The van der Waals surface area contributed by atoms with Gasteiger partial charge in [-0.1, -0.05) is 153 Å². The summed E-state index contributed by atoms with van der Waals surface area (Å²) in [5.41, 5.74) is 9.65. The molecule has 3 heterocycles. The molecule has 1 aliphatic rings. The second-order valence-electron chi connectivity index (χ2n) is 14.1. The maximum absolute atomic E-state index is 6.58. The zero-order valence-corrected chi connectivity index (χ0v) is 29.0. The first-order chi connectivity index (χ1) is 23.8. The Morgan fingerprint density at radius 1 is 0.449 bits per heavy atom. The zero-order valence-electron chi connectivity index (χ0n) is 28.0. The molecule has 5 heteroatoms. The van der Waals surface area contributed by atoms with Crippen LogP contribution in [0.5, 0.6) is 0 Å². The number of fused-ring (bicyclic) bond motifs is 5. The third-order valence-corrected chi connectivity index (χ3v) is 14.0. The summed E-state index contributed by atoms with van der Waals surface area (Å²) in [5, 5.41) is 5.24. The predicted molar refractivity (Wildman–Crippen MR) is 204 cm³/mol. The molecule has 0 saturated carbocycles. The summed E-state index contributed by atoms with van der Waals surface area (Å²) in [4.78, 5) is 14.7. The maximum atomic E-state index is 6.58. The van der Waals surface area contributed by atoms with Gasteiger partial charge in [0.1, 0.15) is 19.2 Å². The minimum atomic E-state index is -1.82. The van der Waals surface area contributed by atoms with E-state index in [2.05, 4.69) is 106 Å². The van der Waals surface area contributed by atoms with Crippen molar-refractivity contribution in [1.29, 1.82) is 0 Å². The van der Waals surface area contributed by atoms with Gasteiger partial charge < -0.3 is 4.42 Å². The highest BCUT2D eigenvalue weighted by Gasteiger charge is 2.42. The quantitative estimate of drug-likeness (QED) is 0.178. The van der Waals surface area contributed by atoms with Crippen molar-refractivity contribution in [3.05, 3.63) is 151 Å². The first-order valence-electron chi connectivity index (χ1n) is 16.9. The van der Waals surface area contributed by atoms with Crippen LogP contribution in [0, 0.1) is 0 Å². The van der Waals surface area contributed by atoms with E-state index in [1.54, 1.807) is 5.19 Å². The van der Waals surface area contributed by atoms with Gasteiger partial charge in [-0.3, -0.25) is 0 Å². The van der Waals surface area contributed by atoms with E-state index in [0.717, 1.165) is 44.2 Å². The molecule has 4 nitrogen and oxygen atoms in total. The molecule has 0 unspecified atom stereocenters. The van der Waals surface area contributed by atoms with Crippen molar-refractivity contribution in [3.63, 3.8) is 0 Å². The maximum Gasteiger partial charge on any atom is 0.164 e. The van der Waals surface area contributed by atoms with E-state index >= 15 is 0 Å². The van der Waals surface area contributed by atoms with Gasteiger partial charge in [0, 0.05) is 32.9 Å². The summed E-state index contributed by atoms with van der Waals surface area (Å²) in [5.74, 6) is 1.89. The normalized spacial score (nSPS) is 14.4. The molecular formula is C44H35N3OSi. The molecule has 0 radical (unpaired) electrons. The second kappa shape index (κ2) is 10.9. The highest BCUT2D eigenvalue weighted by Crippen LogP contribution is 2.39. The Bertz CT molecular complexity index is 2490. The first-order valence-corrected chi connectivity index (χ1v) is 19.9. The van der Waals surface area contributed by atoms with Gasteiger partial charge in [-0.25, -0.2) is 15.0 Å². The Kier molecular flexibility index (Phi) is 6.58. The van der Waals surface area contributed by atoms with E-state index in [0.29, 0.717) is 17.5 Å². The molecule has 0 amide bonds. The van der Waals surface area contributed by atoms with Crippen LogP contribution in [0.2, 0.25) is 13.1 Å². The number of aromatic nitrogens is 3. The topological polar surface area (TPSA) is 51.8 Å². The highest BCUT2D eigenvalue weighted by atomic mass is 28.3. The van der Waals surface area contributed by atoms with Gasteiger partial charge in [-0.15, -0.1) is 0 Å². The monoisotopic (exact) mass is 649 g/mol. The zero-order chi connectivity index (χ0) is 33.3. The van der Waals surface area contributed by atoms with Gasteiger partial charge in [-0.05, 0) is 46.5 Å². The van der Waals surface area contributed by atoms with Crippen molar-refractivity contribution in [2.75, 3.05) is 0 Å². The number of rotatable bonds is 4. The molecule has 2 aromatic heterocycles. The van der Waals surface area contributed by atoms with Crippen LogP contribution >= 0.6 is 0 Å². The molecule has 0 spiro atoms. The summed E-state index contributed by atoms with van der Waals surface area (Å²) >= 11 is 0. The summed E-state index contributed by atoms with van der Waals surface area (Å²) in [6.45, 7) is 9.71. The van der Waals surface area contributed by atoms with Crippen molar-refractivity contribution < 1.29 is 4.42 Å². The van der Waals surface area contributed by atoms with Crippen LogP contribution in [0.3, 0.4) is 0 Å². The van der Waals surface area contributed by atoms with E-state index in [1.807, 2.05) is 60.7 Å². The van der Waals surface area contributed by atoms with Crippen LogP contribution in [0.4, 0.5) is 0 Å². The Morgan fingerprint density at radius 3 is 1.55 bits per heavy atom. The Morgan fingerprint density at radius 2 is 0.918 bits per heavy atom. The average molecular weight is 650 g/mol. The van der Waals surface area contributed by atoms with E-state index in [4.69, 9.17) is 19.4 Å². The lowest BCUT2D eigenvalue weighted by Crippen LogP contribution is -2.61. The molecule has 0 saturated heterocycles. The summed E-state index contributed by atoms with van der Waals surface area (Å²) in [6, 6.07) is 49.2. The number of furan rings is 1. The molecule has 8 aromatic rings. The van der Waals surface area contributed by atoms with Gasteiger partial charge in [-0.2, -0.15) is 0 Å². The molecule has 9 rings (SSSR count). The molecular weight excluding hydrogens is 615 g/mol. The van der Waals surface area contributed by atoms with Gasteiger partial charge in [0.25, 0.3) is 0 Å². The van der Waals surface area contributed by atoms with E-state index in [1.165, 1.54) is 21.9 Å². The van der Waals surface area contributed by atoms with Crippen LogP contribution in [0.15, 0.2) is 144 Å². The van der Waals surface area contributed by atoms with Crippen LogP contribution in [-0.4, -0.2) is 23.0 Å². The van der Waals surface area contributed by atoms with Gasteiger partial charge >= 0.3 is 0 Å². The fourth-order valence-corrected chi connectivity index (χ4v) is 11.1. The van der Waals surface area contributed by atoms with Crippen molar-refractivity contribution >= 4 is 40.4 Å². The lowest BCUT2D eigenvalue weighted by atomic mass is 9.76. The SMILES string of the molecule is CC1(C)c2ccccc2[Si](C)(C)c2ccc(-c3ccc4c(c3)oc3cc(-c5nc(-c6ccccc6)nc(-c6ccccc6)n5)ccc34)cc21. The molecule has 49 heavy (non-hydrogen) atoms. The molecule has 236 valence electrons. The molecule has 0 atom stereocenters. The third kappa shape index (κ3) is 4.76. The molecule has 0 fully saturated rings. The van der Waals surface area contributed by atoms with Crippen molar-refractivity contribution in [1.82, 2.24) is 15.0 Å². The largest absolute Gasteiger partial charge is 0.456 e. The number of benzene rings is 6. The van der Waals surface area contributed by atoms with Gasteiger partial charge in [0.15, 0.2) is 17.5 Å². The van der Waals surface area contributed by atoms with E-state index in [9.17, 15) is 0 Å². The average Bonchev–Trinajstić information content (AvgIpc) is 3.52. The fraction of sp³-hybridized carbons (Fsp3) is 0.114. The van der Waals surface area contributed by atoms with Crippen molar-refractivity contribution in [2.45, 2.75) is 32.4 Å². The van der Waals surface area contributed by atoms with Crippen LogP contribution in [0.1, 0.15) is 25.0 Å². The lowest BCUT2D eigenvalue weighted by molar-refractivity contribution is 0.645. The van der Waals surface area contributed by atoms with Crippen LogP contribution < -0.4 is 10.4 Å². The summed E-state index contributed by atoms with van der Waals surface area (Å²) in [7, 11) is -1.82. The molecule has 6 aromatic carbocycles. The van der Waals surface area contributed by atoms with Crippen LogP contribution in [-0.2, 0) is 5.41 Å². The highest BCUT2D eigenvalue weighted by molar-refractivity contribution is 7.01. The summed E-state index contributed by atoms with van der Waals surface area (Å²) in [6.07, 6.45) is 0. The van der Waals surface area contributed by atoms with E-state index < -0.39 is 8.07 Å². The third-order valence-electron chi connectivity index (χ3n) is 10.4. The molecule has 0 aliphatic carbocycles. The minimum absolute atomic E-state index is 0.0693. The first kappa shape index (κ1) is 29.5. The fourth-order valence-electron chi connectivity index (χ4n) is 7.68. The molecule has 0 bridgehead atoms. The minimum Gasteiger partial charge on any atom is -0.456 e. The standard InChI is InChI=1S/C44H35N3OSi/c1-44(2)35-17-11-12-18-39(35)49(3,4)40-24-21-30(25-36(40)44)31-19-22-33-34-23-20-32(27-38(34)48-37(33)26-31)43-46-41(28-13-7-5-8-14-28)45-42(47-43)29-15-9-6-10-16-29/h5-27H,1-4H3. The number of hydrogen-bond donors (Lipinski definition) is 0. The lowest BCUT2D eigenvalue weighted by Gasteiger charge is -2.43. The Hall–Kier alpha value is -5.65. The Balaban J connectivity index is 1.13. The smallest absolute Gasteiger partial charge is 0.164 e. The van der Waals surface area contributed by atoms with Crippen molar-refractivity contribution in [3.8, 4) is 45.3 Å². The van der Waals surface area contributed by atoms with E-state index in [-0.39, 0.29) is 5.41 Å². The number of hydrogen-bond acceptors (Lipinski definition) is 4. The second-order valence-corrected chi connectivity index (χ2v) is 18.4. The predicted octanol–water partition coefficient (Wildman–Crippen LogP) is 9.90. The molecule has 1 aliphatic heterocycles. The summed E-state index contributed by atoms with van der Waals surface area (Å²) < 4.78 is 6.58.